The van der Waals surface area contributed by atoms with Crippen molar-refractivity contribution in [3.63, 3.8) is 0 Å². The lowest BCUT2D eigenvalue weighted by Gasteiger charge is -2.21. The number of halogens is 1. The van der Waals surface area contributed by atoms with Gasteiger partial charge in [-0.25, -0.2) is 16.8 Å². The lowest BCUT2D eigenvalue weighted by Crippen LogP contribution is -2.36. The maximum Gasteiger partial charge on any atom is 0.251 e. The van der Waals surface area contributed by atoms with Crippen molar-refractivity contribution in [3.05, 3.63) is 28.8 Å². The Labute approximate surface area is 165 Å². The molecule has 1 N–H and O–H groups in total. The van der Waals surface area contributed by atoms with Crippen LogP contribution in [0.3, 0.4) is 0 Å². The highest BCUT2D eigenvalue weighted by Crippen LogP contribution is 2.28. The van der Waals surface area contributed by atoms with Crippen LogP contribution >= 0.6 is 11.6 Å². The molecule has 2 saturated heterocycles. The van der Waals surface area contributed by atoms with E-state index >= 15 is 0 Å². The Balaban J connectivity index is 1.82. The van der Waals surface area contributed by atoms with Crippen LogP contribution in [0.1, 0.15) is 42.5 Å². The van der Waals surface area contributed by atoms with Crippen LogP contribution in [-0.2, 0) is 19.9 Å². The average Bonchev–Trinajstić information content (AvgIpc) is 2.80. The van der Waals surface area contributed by atoms with Gasteiger partial charge in [0.15, 0.2) is 9.84 Å². The number of carbonyl (C=O) groups excluding carboxylic acids is 1. The molecule has 7 nitrogen and oxygen atoms in total. The molecule has 2 aliphatic heterocycles. The van der Waals surface area contributed by atoms with Crippen LogP contribution in [0.25, 0.3) is 0 Å². The third-order valence-corrected chi connectivity index (χ3v) is 9.09. The van der Waals surface area contributed by atoms with Gasteiger partial charge in [0.25, 0.3) is 5.91 Å². The molecular weight excluding hydrogens is 412 g/mol. The SMILES string of the molecule is O=C(NC1CCS(=O)(=O)C1)c1ccc(Cl)c(S(=O)(=O)N2CCCCCC2)c1. The molecule has 2 fully saturated rings. The molecule has 2 aliphatic rings. The minimum Gasteiger partial charge on any atom is -0.348 e. The molecule has 0 bridgehead atoms. The Bertz CT molecular complexity index is 923. The Hall–Kier alpha value is -1.16. The number of carbonyl (C=O) groups is 1. The van der Waals surface area contributed by atoms with E-state index in [1.807, 2.05) is 0 Å². The minimum absolute atomic E-state index is 0.0488. The van der Waals surface area contributed by atoms with Gasteiger partial charge < -0.3 is 5.32 Å². The monoisotopic (exact) mass is 434 g/mol. The van der Waals surface area contributed by atoms with E-state index in [2.05, 4.69) is 5.32 Å². The number of nitrogens with zero attached hydrogens (tertiary/aromatic N) is 1. The highest BCUT2D eigenvalue weighted by molar-refractivity contribution is 7.91. The molecule has 27 heavy (non-hydrogen) atoms. The van der Waals surface area contributed by atoms with Crippen LogP contribution < -0.4 is 5.32 Å². The summed E-state index contributed by atoms with van der Waals surface area (Å²) in [5.74, 6) is -0.542. The highest BCUT2D eigenvalue weighted by Gasteiger charge is 2.31. The van der Waals surface area contributed by atoms with Crippen molar-refractivity contribution >= 4 is 37.4 Å². The molecular formula is C17H23ClN2O5S2. The molecule has 0 aromatic heterocycles. The number of sulfonamides is 1. The van der Waals surface area contributed by atoms with Gasteiger partial charge in [-0.2, -0.15) is 4.31 Å². The summed E-state index contributed by atoms with van der Waals surface area (Å²) in [6.45, 7) is 0.879. The molecule has 150 valence electrons. The van der Waals surface area contributed by atoms with E-state index in [0.717, 1.165) is 25.7 Å². The van der Waals surface area contributed by atoms with Crippen LogP contribution in [0.4, 0.5) is 0 Å². The van der Waals surface area contributed by atoms with Crippen molar-refractivity contribution in [3.8, 4) is 0 Å². The smallest absolute Gasteiger partial charge is 0.251 e. The maximum absolute atomic E-state index is 13.0. The third-order valence-electron chi connectivity index (χ3n) is 4.94. The van der Waals surface area contributed by atoms with E-state index in [1.165, 1.54) is 22.5 Å². The van der Waals surface area contributed by atoms with Gasteiger partial charge in [0.05, 0.1) is 16.5 Å². The summed E-state index contributed by atoms with van der Waals surface area (Å²) >= 11 is 6.14. The van der Waals surface area contributed by atoms with E-state index in [1.54, 1.807) is 0 Å². The predicted octanol–water partition coefficient (Wildman–Crippen LogP) is 1.82. The fraction of sp³-hybridized carbons (Fsp3) is 0.588. The number of sulfone groups is 1. The van der Waals surface area contributed by atoms with Crippen molar-refractivity contribution in [1.82, 2.24) is 9.62 Å². The van der Waals surface area contributed by atoms with Gasteiger partial charge in [0.1, 0.15) is 4.90 Å². The van der Waals surface area contributed by atoms with Crippen LogP contribution in [0.5, 0.6) is 0 Å². The first-order chi connectivity index (χ1) is 12.7. The van der Waals surface area contributed by atoms with E-state index < -0.39 is 31.8 Å². The summed E-state index contributed by atoms with van der Waals surface area (Å²) < 4.78 is 50.5. The Morgan fingerprint density at radius 2 is 1.81 bits per heavy atom. The van der Waals surface area contributed by atoms with Crippen LogP contribution in [0.2, 0.25) is 5.02 Å². The van der Waals surface area contributed by atoms with Crippen LogP contribution in [0, 0.1) is 0 Å². The molecule has 0 radical (unpaired) electrons. The number of hydrogen-bond acceptors (Lipinski definition) is 5. The molecule has 0 spiro atoms. The minimum atomic E-state index is -3.79. The fourth-order valence-corrected chi connectivity index (χ4v) is 7.13. The first-order valence-corrected chi connectivity index (χ1v) is 12.6. The Morgan fingerprint density at radius 1 is 1.15 bits per heavy atom. The van der Waals surface area contributed by atoms with Crippen molar-refractivity contribution in [1.29, 1.82) is 0 Å². The zero-order valence-electron chi connectivity index (χ0n) is 14.9. The first kappa shape index (κ1) is 20.6. The largest absolute Gasteiger partial charge is 0.348 e. The second-order valence-electron chi connectivity index (χ2n) is 7.04. The summed E-state index contributed by atoms with van der Waals surface area (Å²) in [5.41, 5.74) is 0.150. The molecule has 1 unspecified atom stereocenters. The number of rotatable bonds is 4. The molecule has 0 saturated carbocycles. The molecule has 10 heteroatoms. The van der Waals surface area contributed by atoms with E-state index in [-0.39, 0.29) is 27.0 Å². The molecule has 1 atom stereocenters. The molecule has 2 heterocycles. The topological polar surface area (TPSA) is 101 Å². The zero-order valence-corrected chi connectivity index (χ0v) is 17.2. The molecule has 3 rings (SSSR count). The highest BCUT2D eigenvalue weighted by atomic mass is 35.5. The van der Waals surface area contributed by atoms with E-state index in [4.69, 9.17) is 11.6 Å². The summed E-state index contributed by atoms with van der Waals surface area (Å²) in [5, 5.41) is 2.74. The lowest BCUT2D eigenvalue weighted by atomic mass is 10.2. The van der Waals surface area contributed by atoms with Gasteiger partial charge in [0, 0.05) is 24.7 Å². The second-order valence-corrected chi connectivity index (χ2v) is 11.6. The lowest BCUT2D eigenvalue weighted by molar-refractivity contribution is 0.0941. The van der Waals surface area contributed by atoms with Crippen molar-refractivity contribution in [2.24, 2.45) is 0 Å². The first-order valence-electron chi connectivity index (χ1n) is 9.00. The van der Waals surface area contributed by atoms with Gasteiger partial charge in [-0.05, 0) is 37.5 Å². The third kappa shape index (κ3) is 4.82. The number of nitrogens with one attached hydrogen (secondary N) is 1. The van der Waals surface area contributed by atoms with Gasteiger partial charge in [-0.15, -0.1) is 0 Å². The summed E-state index contributed by atoms with van der Waals surface area (Å²) in [6.07, 6.45) is 3.94. The van der Waals surface area contributed by atoms with Gasteiger partial charge in [0.2, 0.25) is 10.0 Å². The normalized spacial score (nSPS) is 23.7. The Kier molecular flexibility index (Phi) is 6.14. The van der Waals surface area contributed by atoms with Gasteiger partial charge >= 0.3 is 0 Å². The standard InChI is InChI=1S/C17H23ClN2O5S2/c18-15-6-5-13(17(21)19-14-7-10-26(22,23)12-14)11-16(15)27(24,25)20-8-3-1-2-4-9-20/h5-6,11,14H,1-4,7-10,12H2,(H,19,21). The summed E-state index contributed by atoms with van der Waals surface area (Å²) in [6, 6.07) is 3.67. The van der Waals surface area contributed by atoms with Crippen LogP contribution in [0.15, 0.2) is 23.1 Å². The maximum atomic E-state index is 13.0. The number of benzene rings is 1. The van der Waals surface area contributed by atoms with Crippen molar-refractivity contribution in [2.45, 2.75) is 43.0 Å². The Morgan fingerprint density at radius 3 is 2.41 bits per heavy atom. The molecule has 0 aliphatic carbocycles. The zero-order chi connectivity index (χ0) is 19.7. The molecule has 1 aromatic carbocycles. The van der Waals surface area contributed by atoms with Crippen LogP contribution in [-0.4, -0.2) is 57.7 Å². The predicted molar refractivity (Wildman–Crippen MR) is 103 cm³/mol. The van der Waals surface area contributed by atoms with Crippen molar-refractivity contribution in [2.75, 3.05) is 24.6 Å². The quantitative estimate of drug-likeness (QED) is 0.778. The fourth-order valence-electron chi connectivity index (χ4n) is 3.44. The molecule has 1 aromatic rings. The van der Waals surface area contributed by atoms with Gasteiger partial charge in [-0.3, -0.25) is 4.79 Å². The van der Waals surface area contributed by atoms with E-state index in [0.29, 0.717) is 19.5 Å². The van der Waals surface area contributed by atoms with E-state index in [9.17, 15) is 21.6 Å². The average molecular weight is 435 g/mol. The number of amides is 1. The number of hydrogen-bond donors (Lipinski definition) is 1. The van der Waals surface area contributed by atoms with Crippen molar-refractivity contribution < 1.29 is 21.6 Å². The summed E-state index contributed by atoms with van der Waals surface area (Å²) in [4.78, 5) is 12.4. The van der Waals surface area contributed by atoms with Gasteiger partial charge in [-0.1, -0.05) is 24.4 Å². The molecule has 1 amide bonds. The second kappa shape index (κ2) is 8.06. The summed E-state index contributed by atoms with van der Waals surface area (Å²) in [7, 11) is -6.91.